The van der Waals surface area contributed by atoms with E-state index in [2.05, 4.69) is 25.7 Å². The van der Waals surface area contributed by atoms with Crippen molar-refractivity contribution in [3.05, 3.63) is 0 Å². The van der Waals surface area contributed by atoms with Gasteiger partial charge < -0.3 is 5.73 Å². The van der Waals surface area contributed by atoms with Crippen molar-refractivity contribution in [1.82, 2.24) is 4.90 Å². The van der Waals surface area contributed by atoms with E-state index in [1.165, 1.54) is 64.3 Å². The van der Waals surface area contributed by atoms with Gasteiger partial charge in [-0.2, -0.15) is 0 Å². The molecule has 2 N–H and O–H groups in total. The fraction of sp³-hybridized carbons (Fsp3) is 1.00. The molecule has 0 aromatic carbocycles. The summed E-state index contributed by atoms with van der Waals surface area (Å²) in [5, 5.41) is 0. The molecule has 108 valence electrons. The van der Waals surface area contributed by atoms with Crippen LogP contribution in [0.15, 0.2) is 0 Å². The van der Waals surface area contributed by atoms with Gasteiger partial charge in [0.1, 0.15) is 0 Å². The Morgan fingerprint density at radius 1 is 1.11 bits per heavy atom. The van der Waals surface area contributed by atoms with Gasteiger partial charge >= 0.3 is 0 Å². The first kappa shape index (κ1) is 16.0. The molecule has 0 amide bonds. The Morgan fingerprint density at radius 3 is 2.50 bits per heavy atom. The molecule has 0 aromatic rings. The first-order valence-corrected chi connectivity index (χ1v) is 8.18. The zero-order valence-corrected chi connectivity index (χ0v) is 12.8. The summed E-state index contributed by atoms with van der Waals surface area (Å²) < 4.78 is 0. The van der Waals surface area contributed by atoms with Crippen molar-refractivity contribution < 1.29 is 0 Å². The van der Waals surface area contributed by atoms with Gasteiger partial charge in [-0.3, -0.25) is 4.90 Å². The van der Waals surface area contributed by atoms with Gasteiger partial charge in [0.2, 0.25) is 0 Å². The van der Waals surface area contributed by atoms with Crippen LogP contribution in [0.4, 0.5) is 0 Å². The molecule has 0 saturated carbocycles. The van der Waals surface area contributed by atoms with Gasteiger partial charge in [-0.25, -0.2) is 0 Å². The highest BCUT2D eigenvalue weighted by Crippen LogP contribution is 2.23. The molecule has 3 unspecified atom stereocenters. The molecule has 1 saturated heterocycles. The number of nitrogens with two attached hydrogens (primary N) is 1. The molecule has 1 fully saturated rings. The average molecular weight is 254 g/mol. The highest BCUT2D eigenvalue weighted by Gasteiger charge is 2.28. The highest BCUT2D eigenvalue weighted by molar-refractivity contribution is 4.86. The molecule has 1 heterocycles. The summed E-state index contributed by atoms with van der Waals surface area (Å²) in [6.45, 7) is 8.13. The summed E-state index contributed by atoms with van der Waals surface area (Å²) in [4.78, 5) is 2.69. The third kappa shape index (κ3) is 5.27. The fourth-order valence-electron chi connectivity index (χ4n) is 3.30. The molecule has 1 rings (SSSR count). The van der Waals surface area contributed by atoms with Crippen LogP contribution in [0.5, 0.6) is 0 Å². The van der Waals surface area contributed by atoms with E-state index >= 15 is 0 Å². The Morgan fingerprint density at radius 2 is 1.83 bits per heavy atom. The minimum atomic E-state index is 0.327. The molecule has 1 aliphatic heterocycles. The number of hydrogen-bond acceptors (Lipinski definition) is 2. The first-order valence-electron chi connectivity index (χ1n) is 8.18. The van der Waals surface area contributed by atoms with Crippen molar-refractivity contribution in [3.8, 4) is 0 Å². The SMILES string of the molecule is CCCCCCCC(C)N1CCCCC1C(C)N. The Bertz CT molecular complexity index is 203. The van der Waals surface area contributed by atoms with E-state index in [4.69, 9.17) is 5.73 Å². The lowest BCUT2D eigenvalue weighted by molar-refractivity contribution is 0.0835. The molecular formula is C16H34N2. The lowest BCUT2D eigenvalue weighted by Crippen LogP contribution is -2.52. The summed E-state index contributed by atoms with van der Waals surface area (Å²) in [6.07, 6.45) is 12.4. The predicted octanol–water partition coefficient (Wildman–Crippen LogP) is 3.94. The smallest absolute Gasteiger partial charge is 0.0247 e. The van der Waals surface area contributed by atoms with Crippen LogP contribution in [0.2, 0.25) is 0 Å². The number of likely N-dealkylation sites (tertiary alicyclic amines) is 1. The molecule has 2 nitrogen and oxygen atoms in total. The third-order valence-electron chi connectivity index (χ3n) is 4.49. The Kier molecular flexibility index (Phi) is 7.92. The molecule has 18 heavy (non-hydrogen) atoms. The van der Waals surface area contributed by atoms with Crippen molar-refractivity contribution >= 4 is 0 Å². The average Bonchev–Trinajstić information content (AvgIpc) is 2.38. The van der Waals surface area contributed by atoms with Crippen LogP contribution >= 0.6 is 0 Å². The highest BCUT2D eigenvalue weighted by atomic mass is 15.2. The zero-order valence-electron chi connectivity index (χ0n) is 12.8. The minimum Gasteiger partial charge on any atom is -0.327 e. The van der Waals surface area contributed by atoms with Crippen LogP contribution in [0.25, 0.3) is 0 Å². The summed E-state index contributed by atoms with van der Waals surface area (Å²) in [7, 11) is 0. The van der Waals surface area contributed by atoms with Crippen LogP contribution in [0.3, 0.4) is 0 Å². The number of nitrogens with zero attached hydrogens (tertiary/aromatic N) is 1. The topological polar surface area (TPSA) is 29.3 Å². The first-order chi connectivity index (χ1) is 8.66. The van der Waals surface area contributed by atoms with Gasteiger partial charge in [-0.1, -0.05) is 45.4 Å². The van der Waals surface area contributed by atoms with Crippen LogP contribution < -0.4 is 5.73 Å². The van der Waals surface area contributed by atoms with Gasteiger partial charge in [-0.15, -0.1) is 0 Å². The fourth-order valence-corrected chi connectivity index (χ4v) is 3.30. The van der Waals surface area contributed by atoms with Crippen LogP contribution in [0, 0.1) is 0 Å². The zero-order chi connectivity index (χ0) is 13.4. The molecule has 1 aliphatic rings. The number of piperidine rings is 1. The van der Waals surface area contributed by atoms with Gasteiger partial charge in [0, 0.05) is 18.1 Å². The maximum atomic E-state index is 6.15. The van der Waals surface area contributed by atoms with Gasteiger partial charge in [0.15, 0.2) is 0 Å². The maximum Gasteiger partial charge on any atom is 0.0247 e. The van der Waals surface area contributed by atoms with Gasteiger partial charge in [0.05, 0.1) is 0 Å². The second kappa shape index (κ2) is 8.92. The second-order valence-electron chi connectivity index (χ2n) is 6.21. The van der Waals surface area contributed by atoms with Crippen LogP contribution in [0.1, 0.15) is 78.6 Å². The lowest BCUT2D eigenvalue weighted by atomic mass is 9.94. The standard InChI is InChI=1S/C16H34N2/c1-4-5-6-7-8-11-14(2)18-13-10-9-12-16(18)15(3)17/h14-16H,4-13,17H2,1-3H3. The van der Waals surface area contributed by atoms with Crippen molar-refractivity contribution in [2.24, 2.45) is 5.73 Å². The van der Waals surface area contributed by atoms with Gasteiger partial charge in [-0.05, 0) is 39.7 Å². The van der Waals surface area contributed by atoms with E-state index in [0.717, 1.165) is 6.04 Å². The summed E-state index contributed by atoms with van der Waals surface area (Å²) in [6, 6.07) is 1.68. The molecule has 0 aliphatic carbocycles. The van der Waals surface area contributed by atoms with E-state index in [-0.39, 0.29) is 0 Å². The summed E-state index contributed by atoms with van der Waals surface area (Å²) in [5.41, 5.74) is 6.15. The molecule has 0 bridgehead atoms. The predicted molar refractivity (Wildman–Crippen MR) is 80.8 cm³/mol. The second-order valence-corrected chi connectivity index (χ2v) is 6.21. The molecule has 0 radical (unpaired) electrons. The molecule has 2 heteroatoms. The monoisotopic (exact) mass is 254 g/mol. The van der Waals surface area contributed by atoms with Crippen molar-refractivity contribution in [1.29, 1.82) is 0 Å². The number of rotatable bonds is 8. The summed E-state index contributed by atoms with van der Waals surface area (Å²) >= 11 is 0. The summed E-state index contributed by atoms with van der Waals surface area (Å²) in [5.74, 6) is 0. The van der Waals surface area contributed by atoms with E-state index in [0.29, 0.717) is 12.1 Å². The molecule has 0 aromatic heterocycles. The Balaban J connectivity index is 2.27. The molecular weight excluding hydrogens is 220 g/mol. The van der Waals surface area contributed by atoms with Gasteiger partial charge in [0.25, 0.3) is 0 Å². The van der Waals surface area contributed by atoms with Crippen molar-refractivity contribution in [2.75, 3.05) is 6.54 Å². The quantitative estimate of drug-likeness (QED) is 0.665. The van der Waals surface area contributed by atoms with E-state index in [9.17, 15) is 0 Å². The Hall–Kier alpha value is -0.0800. The molecule has 3 atom stereocenters. The van der Waals surface area contributed by atoms with Crippen molar-refractivity contribution in [2.45, 2.75) is 96.7 Å². The van der Waals surface area contributed by atoms with E-state index in [1.807, 2.05) is 0 Å². The van der Waals surface area contributed by atoms with E-state index in [1.54, 1.807) is 0 Å². The third-order valence-corrected chi connectivity index (χ3v) is 4.49. The largest absolute Gasteiger partial charge is 0.327 e. The molecule has 0 spiro atoms. The number of hydrogen-bond donors (Lipinski definition) is 1. The van der Waals surface area contributed by atoms with Crippen LogP contribution in [-0.2, 0) is 0 Å². The number of unbranched alkanes of at least 4 members (excludes halogenated alkanes) is 4. The minimum absolute atomic E-state index is 0.327. The normalized spacial score (nSPS) is 25.0. The Labute approximate surface area is 114 Å². The van der Waals surface area contributed by atoms with Crippen LogP contribution in [-0.4, -0.2) is 29.6 Å². The van der Waals surface area contributed by atoms with Crippen molar-refractivity contribution in [3.63, 3.8) is 0 Å². The van der Waals surface area contributed by atoms with E-state index < -0.39 is 0 Å². The maximum absolute atomic E-state index is 6.15. The lowest BCUT2D eigenvalue weighted by Gasteiger charge is -2.42.